The van der Waals surface area contributed by atoms with E-state index in [4.69, 9.17) is 4.74 Å². The van der Waals surface area contributed by atoms with Crippen LogP contribution in [0.15, 0.2) is 48.5 Å². The summed E-state index contributed by atoms with van der Waals surface area (Å²) in [6.45, 7) is -0.183. The van der Waals surface area contributed by atoms with Crippen LogP contribution in [0.2, 0.25) is 0 Å². The lowest BCUT2D eigenvalue weighted by Crippen LogP contribution is -2.25. The highest BCUT2D eigenvalue weighted by Gasteiger charge is 2.24. The van der Waals surface area contributed by atoms with Crippen LogP contribution in [0.25, 0.3) is 11.0 Å². The predicted molar refractivity (Wildman–Crippen MR) is 93.9 cm³/mol. The van der Waals surface area contributed by atoms with Gasteiger partial charge in [0.05, 0.1) is 24.2 Å². The van der Waals surface area contributed by atoms with Crippen molar-refractivity contribution < 1.29 is 13.5 Å². The van der Waals surface area contributed by atoms with Crippen molar-refractivity contribution in [3.63, 3.8) is 0 Å². The maximum Gasteiger partial charge on any atom is 0.320 e. The number of fused-ring (bicyclic) bond motifs is 1. The molecular formula is C19H21F2N3O. The van der Waals surface area contributed by atoms with Crippen molar-refractivity contribution in [2.45, 2.75) is 26.1 Å². The number of hydrogen-bond donors (Lipinski definition) is 0. The molecule has 1 atom stereocenters. The largest absolute Gasteiger partial charge is 0.496 e. The molecule has 4 nitrogen and oxygen atoms in total. The van der Waals surface area contributed by atoms with Crippen molar-refractivity contribution in [1.29, 1.82) is 0 Å². The van der Waals surface area contributed by atoms with Gasteiger partial charge in [-0.05, 0) is 32.2 Å². The van der Waals surface area contributed by atoms with Gasteiger partial charge in [0.25, 0.3) is 0 Å². The lowest BCUT2D eigenvalue weighted by Gasteiger charge is -2.25. The van der Waals surface area contributed by atoms with Gasteiger partial charge in [0.15, 0.2) is 0 Å². The molecule has 2 aromatic carbocycles. The van der Waals surface area contributed by atoms with E-state index in [1.807, 2.05) is 43.1 Å². The summed E-state index contributed by atoms with van der Waals surface area (Å²) in [6, 6.07) is 14.4. The molecule has 1 heterocycles. The third-order valence-electron chi connectivity index (χ3n) is 4.47. The van der Waals surface area contributed by atoms with Crippen LogP contribution >= 0.6 is 0 Å². The average Bonchev–Trinajstić information content (AvgIpc) is 3.01. The summed E-state index contributed by atoms with van der Waals surface area (Å²) in [5, 5.41) is 0. The maximum atomic E-state index is 13.6. The normalized spacial score (nSPS) is 12.9. The van der Waals surface area contributed by atoms with Gasteiger partial charge < -0.3 is 4.74 Å². The Morgan fingerprint density at radius 3 is 2.52 bits per heavy atom. The van der Waals surface area contributed by atoms with E-state index < -0.39 is 6.55 Å². The van der Waals surface area contributed by atoms with Crippen molar-refractivity contribution in [3.8, 4) is 5.75 Å². The zero-order chi connectivity index (χ0) is 18.0. The fourth-order valence-electron chi connectivity index (χ4n) is 3.00. The summed E-state index contributed by atoms with van der Waals surface area (Å²) in [4.78, 5) is 6.43. The van der Waals surface area contributed by atoms with Gasteiger partial charge in [-0.1, -0.05) is 30.3 Å². The number of benzene rings is 2. The standard InChI is InChI=1S/C19H21F2N3O/c1-13(23(2)12-14-8-4-7-11-17(14)25-3)18-22-15-9-5-6-10-16(15)24(18)19(20)21/h4-11,13,19H,12H2,1-3H3/t13-/m1/s1. The molecule has 132 valence electrons. The van der Waals surface area contributed by atoms with Crippen LogP contribution in [-0.4, -0.2) is 28.6 Å². The Hall–Kier alpha value is -2.47. The quantitative estimate of drug-likeness (QED) is 0.652. The van der Waals surface area contributed by atoms with E-state index in [1.54, 1.807) is 31.4 Å². The van der Waals surface area contributed by atoms with Crippen molar-refractivity contribution >= 4 is 11.0 Å². The number of hydrogen-bond acceptors (Lipinski definition) is 3. The molecule has 0 saturated carbocycles. The summed E-state index contributed by atoms with van der Waals surface area (Å²) in [5.74, 6) is 1.14. The second-order valence-electron chi connectivity index (χ2n) is 6.01. The van der Waals surface area contributed by atoms with Gasteiger partial charge in [-0.3, -0.25) is 9.47 Å². The van der Waals surface area contributed by atoms with Gasteiger partial charge in [-0.2, -0.15) is 8.78 Å². The van der Waals surface area contributed by atoms with E-state index in [2.05, 4.69) is 4.98 Å². The highest BCUT2D eigenvalue weighted by molar-refractivity contribution is 5.76. The zero-order valence-corrected chi connectivity index (χ0v) is 14.5. The zero-order valence-electron chi connectivity index (χ0n) is 14.5. The molecule has 0 fully saturated rings. The first kappa shape index (κ1) is 17.4. The number of alkyl halides is 2. The Bertz CT molecular complexity index is 863. The molecule has 0 aliphatic heterocycles. The summed E-state index contributed by atoms with van der Waals surface area (Å²) >= 11 is 0. The fourth-order valence-corrected chi connectivity index (χ4v) is 3.00. The topological polar surface area (TPSA) is 30.3 Å². The number of rotatable bonds is 6. The summed E-state index contributed by atoms with van der Waals surface area (Å²) < 4.78 is 33.7. The molecule has 0 bridgehead atoms. The number of halogens is 2. The third kappa shape index (κ3) is 3.35. The number of methoxy groups -OCH3 is 1. The molecule has 25 heavy (non-hydrogen) atoms. The van der Waals surface area contributed by atoms with Crippen LogP contribution in [0.5, 0.6) is 5.75 Å². The summed E-state index contributed by atoms with van der Waals surface area (Å²) in [6.07, 6.45) is 0. The minimum absolute atomic E-state index is 0.286. The Morgan fingerprint density at radius 1 is 1.12 bits per heavy atom. The molecule has 3 rings (SSSR count). The van der Waals surface area contributed by atoms with Gasteiger partial charge in [-0.15, -0.1) is 0 Å². The number of aromatic nitrogens is 2. The van der Waals surface area contributed by atoms with Crippen molar-refractivity contribution in [2.75, 3.05) is 14.2 Å². The molecule has 0 N–H and O–H groups in total. The lowest BCUT2D eigenvalue weighted by atomic mass is 10.1. The molecule has 1 aromatic heterocycles. The SMILES string of the molecule is COc1ccccc1CN(C)[C@H](C)c1nc2ccccc2n1C(F)F. The smallest absolute Gasteiger partial charge is 0.320 e. The molecular weight excluding hydrogens is 324 g/mol. The first-order valence-electron chi connectivity index (χ1n) is 8.10. The molecule has 0 amide bonds. The van der Waals surface area contributed by atoms with Crippen LogP contribution in [0, 0.1) is 0 Å². The molecule has 0 aliphatic carbocycles. The molecule has 0 aliphatic rings. The average molecular weight is 345 g/mol. The minimum Gasteiger partial charge on any atom is -0.496 e. The van der Waals surface area contributed by atoms with Gasteiger partial charge >= 0.3 is 6.55 Å². The molecule has 0 saturated heterocycles. The Kier molecular flexibility index (Phi) is 4.99. The van der Waals surface area contributed by atoms with Crippen LogP contribution in [0.3, 0.4) is 0 Å². The van der Waals surface area contributed by atoms with Gasteiger partial charge in [-0.25, -0.2) is 4.98 Å². The third-order valence-corrected chi connectivity index (χ3v) is 4.47. The first-order chi connectivity index (χ1) is 12.0. The summed E-state index contributed by atoms with van der Waals surface area (Å²) in [7, 11) is 3.52. The predicted octanol–water partition coefficient (Wildman–Crippen LogP) is 4.63. The van der Waals surface area contributed by atoms with Gasteiger partial charge in [0.2, 0.25) is 0 Å². The second kappa shape index (κ2) is 7.19. The molecule has 6 heteroatoms. The van der Waals surface area contributed by atoms with Crippen LogP contribution in [-0.2, 0) is 6.54 Å². The Labute approximate surface area is 145 Å². The fraction of sp³-hybridized carbons (Fsp3) is 0.316. The van der Waals surface area contributed by atoms with Crippen molar-refractivity contribution in [1.82, 2.24) is 14.5 Å². The van der Waals surface area contributed by atoms with Crippen LogP contribution in [0.1, 0.15) is 30.9 Å². The van der Waals surface area contributed by atoms with Crippen LogP contribution < -0.4 is 4.74 Å². The van der Waals surface area contributed by atoms with E-state index in [9.17, 15) is 8.78 Å². The van der Waals surface area contributed by atoms with E-state index in [0.29, 0.717) is 23.4 Å². The van der Waals surface area contributed by atoms with Crippen LogP contribution in [0.4, 0.5) is 8.78 Å². The number of nitrogens with zero attached hydrogens (tertiary/aromatic N) is 3. The molecule has 0 spiro atoms. The first-order valence-corrected chi connectivity index (χ1v) is 8.10. The highest BCUT2D eigenvalue weighted by Crippen LogP contribution is 2.30. The highest BCUT2D eigenvalue weighted by atomic mass is 19.3. The van der Waals surface area contributed by atoms with Gasteiger partial charge in [0, 0.05) is 12.1 Å². The van der Waals surface area contributed by atoms with E-state index in [1.165, 1.54) is 0 Å². The Morgan fingerprint density at radius 2 is 1.80 bits per heavy atom. The summed E-state index contributed by atoms with van der Waals surface area (Å²) in [5.41, 5.74) is 2.03. The monoisotopic (exact) mass is 345 g/mol. The number of imidazole rings is 1. The van der Waals surface area contributed by atoms with E-state index in [-0.39, 0.29) is 6.04 Å². The lowest BCUT2D eigenvalue weighted by molar-refractivity contribution is 0.0657. The van der Waals surface area contributed by atoms with E-state index >= 15 is 0 Å². The maximum absolute atomic E-state index is 13.6. The molecule has 3 aromatic rings. The number of para-hydroxylation sites is 3. The van der Waals surface area contributed by atoms with Gasteiger partial charge in [0.1, 0.15) is 11.6 Å². The number of ether oxygens (including phenoxy) is 1. The second-order valence-corrected chi connectivity index (χ2v) is 6.01. The minimum atomic E-state index is -2.63. The van der Waals surface area contributed by atoms with Crippen molar-refractivity contribution in [3.05, 3.63) is 59.9 Å². The van der Waals surface area contributed by atoms with E-state index in [0.717, 1.165) is 15.9 Å². The Balaban J connectivity index is 1.93. The molecule has 0 unspecified atom stereocenters. The molecule has 0 radical (unpaired) electrons. The van der Waals surface area contributed by atoms with Crippen molar-refractivity contribution in [2.24, 2.45) is 0 Å².